The summed E-state index contributed by atoms with van der Waals surface area (Å²) in [5.74, 6) is 0. The fourth-order valence-corrected chi connectivity index (χ4v) is 0. The Hall–Kier alpha value is 1.95. The van der Waals surface area contributed by atoms with E-state index in [1.165, 1.54) is 0 Å². The Balaban J connectivity index is 0. The molecule has 0 fully saturated rings. The van der Waals surface area contributed by atoms with E-state index in [2.05, 4.69) is 0 Å². The van der Waals surface area contributed by atoms with Crippen LogP contribution in [0.3, 0.4) is 0 Å². The molecule has 0 amide bonds. The summed E-state index contributed by atoms with van der Waals surface area (Å²) >= 11 is 0. The molecule has 0 aliphatic rings. The summed E-state index contributed by atoms with van der Waals surface area (Å²) in [6, 6.07) is 0. The molecule has 24 valence electrons. The Morgan fingerprint density at radius 3 is 1.00 bits per heavy atom. The monoisotopic (exact) mass is 106 g/mol. The Kier molecular flexibility index (Phi) is 194. The topological polar surface area (TPSA) is 0 Å². The van der Waals surface area contributed by atoms with Crippen molar-refractivity contribution < 1.29 is 1.43 Å². The standard InChI is InChI=1S/2Al.ClH.Li.H2.7H/h;;1H;;1H;;;;;;;. The second kappa shape index (κ2) is 20.3. The summed E-state index contributed by atoms with van der Waals surface area (Å²) in [4.78, 5) is 0. The van der Waals surface area contributed by atoms with Crippen molar-refractivity contribution in [2.75, 3.05) is 0 Å². The molecule has 0 unspecified atom stereocenters. The zero-order chi connectivity index (χ0) is 0. The first-order valence-electron chi connectivity index (χ1n) is 0. The van der Waals surface area contributed by atoms with Crippen LogP contribution in [-0.2, 0) is 0 Å². The number of hydrogen-bond acceptors (Lipinski definition) is 0. The Morgan fingerprint density at radius 1 is 1.00 bits per heavy atom. The molecule has 0 spiro atoms. The summed E-state index contributed by atoms with van der Waals surface area (Å²) in [7, 11) is 0. The van der Waals surface area contributed by atoms with E-state index in [4.69, 9.17) is 0 Å². The average Bonchev–Trinajstić information content (AvgIpc) is 0. The molecule has 0 heterocycles. The van der Waals surface area contributed by atoms with Gasteiger partial charge in [-0.05, 0) is 0 Å². The molecule has 4 heavy (non-hydrogen) atoms. The summed E-state index contributed by atoms with van der Waals surface area (Å²) in [6.07, 6.45) is 0. The van der Waals surface area contributed by atoms with Gasteiger partial charge in [0.2, 0.25) is 0 Å². The first kappa shape index (κ1) is 38.3. The van der Waals surface area contributed by atoms with Gasteiger partial charge < -0.3 is 0 Å². The van der Waals surface area contributed by atoms with Crippen molar-refractivity contribution in [1.82, 2.24) is 0 Å². The molecule has 4 heteroatoms. The molecule has 0 aliphatic heterocycles. The van der Waals surface area contributed by atoms with E-state index >= 15 is 0 Å². The maximum absolute atomic E-state index is 0. The molecule has 0 aliphatic carbocycles. The molecule has 0 aromatic rings. The van der Waals surface area contributed by atoms with Gasteiger partial charge in [-0.1, -0.05) is 0 Å². The Morgan fingerprint density at radius 2 is 1.00 bits per heavy atom. The van der Waals surface area contributed by atoms with E-state index in [-0.39, 0.29) is 67.4 Å². The first-order valence-corrected chi connectivity index (χ1v) is 0. The molecule has 0 saturated carbocycles. The van der Waals surface area contributed by atoms with Gasteiger partial charge in [-0.25, -0.2) is 0 Å². The van der Waals surface area contributed by atoms with Crippen molar-refractivity contribution >= 4 is 66.0 Å². The van der Waals surface area contributed by atoms with Crippen LogP contribution in [0.1, 0.15) is 1.43 Å². The van der Waals surface area contributed by atoms with Crippen LogP contribution in [0.2, 0.25) is 0 Å². The van der Waals surface area contributed by atoms with Crippen molar-refractivity contribution in [3.63, 3.8) is 0 Å². The molecule has 0 atom stereocenters. The zero-order valence-corrected chi connectivity index (χ0v) is 1.22. The molecule has 0 bridgehead atoms. The molecule has 0 N–H and O–H groups in total. The third kappa shape index (κ3) is 9.04. The van der Waals surface area contributed by atoms with Crippen molar-refractivity contribution in [2.45, 2.75) is 0 Å². The van der Waals surface area contributed by atoms with Crippen molar-refractivity contribution in [3.05, 3.63) is 0 Å². The van der Waals surface area contributed by atoms with Crippen LogP contribution >= 0.6 is 12.4 Å². The van der Waals surface area contributed by atoms with Gasteiger partial charge >= 0.3 is 18.9 Å². The SMILES string of the molecule is Cl.[AlH3].[AlH3].[HH].[LiH]. The fourth-order valence-electron chi connectivity index (χ4n) is 0. The van der Waals surface area contributed by atoms with Gasteiger partial charge in [0.25, 0.3) is 0 Å². The molecule has 0 saturated heterocycles. The second-order valence-electron chi connectivity index (χ2n) is 0. The second-order valence-corrected chi connectivity index (χ2v) is 0. The molecular weight excluding hydrogens is 96.4 g/mol. The van der Waals surface area contributed by atoms with Gasteiger partial charge in [0, 0.05) is 1.43 Å². The average molecular weight is 106 g/mol. The van der Waals surface area contributed by atoms with Crippen LogP contribution < -0.4 is 0 Å². The van der Waals surface area contributed by atoms with E-state index in [9.17, 15) is 0 Å². The molecule has 0 nitrogen and oxygen atoms in total. The minimum absolute atomic E-state index is 0. The van der Waals surface area contributed by atoms with E-state index < -0.39 is 0 Å². The summed E-state index contributed by atoms with van der Waals surface area (Å²) in [6.45, 7) is 0. The first-order chi connectivity index (χ1) is 0. The number of hydrogen-bond donors (Lipinski definition) is 0. The van der Waals surface area contributed by atoms with Gasteiger partial charge in [-0.15, -0.1) is 12.4 Å². The molecule has 0 aromatic heterocycles. The van der Waals surface area contributed by atoms with Gasteiger partial charge in [0.15, 0.2) is 34.7 Å². The predicted molar refractivity (Wildman–Crippen MR) is 36.4 cm³/mol. The van der Waals surface area contributed by atoms with Crippen molar-refractivity contribution in [2.24, 2.45) is 0 Å². The summed E-state index contributed by atoms with van der Waals surface area (Å²) in [5.41, 5.74) is 0. The van der Waals surface area contributed by atoms with Gasteiger partial charge in [-0.2, -0.15) is 0 Å². The van der Waals surface area contributed by atoms with Crippen LogP contribution in [0.4, 0.5) is 0 Å². The zero-order valence-electron chi connectivity index (χ0n) is 0.408. The quantitative estimate of drug-likeness (QED) is 0.304. The number of halogens is 1. The Bertz CT molecular complexity index is 9.61. The molecule has 0 radical (unpaired) electrons. The Labute approximate surface area is 67.1 Å². The third-order valence-corrected chi connectivity index (χ3v) is 0. The van der Waals surface area contributed by atoms with Crippen LogP contribution in [0, 0.1) is 0 Å². The molecular formula is H10Al2ClLi. The van der Waals surface area contributed by atoms with Crippen LogP contribution in [-0.4, -0.2) is 53.6 Å². The van der Waals surface area contributed by atoms with E-state index in [1.54, 1.807) is 0 Å². The molecule has 0 rings (SSSR count). The maximum atomic E-state index is 0. The van der Waals surface area contributed by atoms with Crippen LogP contribution in [0.5, 0.6) is 0 Å². The predicted octanol–water partition coefficient (Wildman–Crippen LogP) is -2.35. The van der Waals surface area contributed by atoms with Gasteiger partial charge in [0.05, 0.1) is 0 Å². The van der Waals surface area contributed by atoms with E-state index in [0.717, 1.165) is 0 Å². The van der Waals surface area contributed by atoms with E-state index in [1.807, 2.05) is 0 Å². The number of rotatable bonds is 0. The van der Waals surface area contributed by atoms with Crippen LogP contribution in [0.25, 0.3) is 0 Å². The summed E-state index contributed by atoms with van der Waals surface area (Å²) in [5, 5.41) is 0. The van der Waals surface area contributed by atoms with Gasteiger partial charge in [0.1, 0.15) is 0 Å². The van der Waals surface area contributed by atoms with Crippen molar-refractivity contribution in [1.29, 1.82) is 0 Å². The fraction of sp³-hybridized carbons (Fsp3) is 0. The van der Waals surface area contributed by atoms with Crippen LogP contribution in [0.15, 0.2) is 0 Å². The minimum atomic E-state index is 0. The van der Waals surface area contributed by atoms with E-state index in [0.29, 0.717) is 0 Å². The third-order valence-electron chi connectivity index (χ3n) is 0. The van der Waals surface area contributed by atoms with Gasteiger partial charge in [-0.3, -0.25) is 0 Å². The normalized spacial score (nSPS) is 0. The molecule has 0 aromatic carbocycles. The summed E-state index contributed by atoms with van der Waals surface area (Å²) < 4.78 is 0. The van der Waals surface area contributed by atoms with Crippen molar-refractivity contribution in [3.8, 4) is 0 Å².